The molecular formula is C13H11O2P. The summed E-state index contributed by atoms with van der Waals surface area (Å²) in [6.07, 6.45) is 0. The first kappa shape index (κ1) is 9.83. The predicted octanol–water partition coefficient (Wildman–Crippen LogP) is 2.54. The third kappa shape index (κ3) is 1.27. The van der Waals surface area contributed by atoms with Gasteiger partial charge in [0.05, 0.1) is 0 Å². The second-order valence-electron chi connectivity index (χ2n) is 3.90. The van der Waals surface area contributed by atoms with E-state index < -0.39 is 13.6 Å². The molecule has 1 N–H and O–H groups in total. The van der Waals surface area contributed by atoms with Gasteiger partial charge in [-0.25, -0.2) is 0 Å². The number of fused-ring (bicyclic) bond motifs is 3. The zero-order valence-electron chi connectivity index (χ0n) is 8.55. The lowest BCUT2D eigenvalue weighted by Crippen LogP contribution is -2.13. The summed E-state index contributed by atoms with van der Waals surface area (Å²) in [7, 11) is -2.13. The molecule has 0 fully saturated rings. The SMILES string of the molecule is O=[PH]1c2ccccc2-c2ccccc2C1O. The third-order valence-corrected chi connectivity index (χ3v) is 4.76. The van der Waals surface area contributed by atoms with Gasteiger partial charge in [0.2, 0.25) is 0 Å². The highest BCUT2D eigenvalue weighted by molar-refractivity contribution is 7.54. The molecule has 0 amide bonds. The van der Waals surface area contributed by atoms with Crippen molar-refractivity contribution in [3.05, 3.63) is 54.1 Å². The van der Waals surface area contributed by atoms with Crippen molar-refractivity contribution in [2.24, 2.45) is 0 Å². The first-order chi connectivity index (χ1) is 7.79. The monoisotopic (exact) mass is 230 g/mol. The minimum Gasteiger partial charge on any atom is -0.381 e. The largest absolute Gasteiger partial charge is 0.381 e. The van der Waals surface area contributed by atoms with Crippen molar-refractivity contribution in [1.82, 2.24) is 0 Å². The van der Waals surface area contributed by atoms with Crippen molar-refractivity contribution < 1.29 is 9.67 Å². The summed E-state index contributed by atoms with van der Waals surface area (Å²) in [6.45, 7) is 0. The lowest BCUT2D eigenvalue weighted by molar-refractivity contribution is 0.259. The van der Waals surface area contributed by atoms with E-state index in [4.69, 9.17) is 0 Å². The Morgan fingerprint density at radius 3 is 2.38 bits per heavy atom. The molecule has 2 aromatic rings. The van der Waals surface area contributed by atoms with Crippen LogP contribution in [0.2, 0.25) is 0 Å². The average Bonchev–Trinajstić information content (AvgIpc) is 2.36. The van der Waals surface area contributed by atoms with Gasteiger partial charge in [0.1, 0.15) is 13.6 Å². The molecule has 80 valence electrons. The van der Waals surface area contributed by atoms with Crippen LogP contribution in [0.4, 0.5) is 0 Å². The van der Waals surface area contributed by atoms with Crippen molar-refractivity contribution in [1.29, 1.82) is 0 Å². The molecule has 0 radical (unpaired) electrons. The number of hydrogen-bond donors (Lipinski definition) is 1. The van der Waals surface area contributed by atoms with Crippen LogP contribution < -0.4 is 5.30 Å². The van der Waals surface area contributed by atoms with Crippen LogP contribution in [0.1, 0.15) is 11.4 Å². The number of rotatable bonds is 0. The molecule has 3 heteroatoms. The van der Waals surface area contributed by atoms with Gasteiger partial charge in [0.25, 0.3) is 0 Å². The standard InChI is InChI=1S/C13H11O2P/c14-13-11-7-2-1-5-9(11)10-6-3-4-8-12(10)16(13)15/h1-8,13-14,16H. The Morgan fingerprint density at radius 1 is 0.938 bits per heavy atom. The van der Waals surface area contributed by atoms with Gasteiger partial charge in [-0.15, -0.1) is 0 Å². The fourth-order valence-corrected chi connectivity index (χ4v) is 3.77. The topological polar surface area (TPSA) is 37.3 Å². The van der Waals surface area contributed by atoms with Crippen LogP contribution in [-0.4, -0.2) is 5.11 Å². The lowest BCUT2D eigenvalue weighted by atomic mass is 9.99. The number of aliphatic hydroxyl groups is 1. The van der Waals surface area contributed by atoms with Crippen molar-refractivity contribution in [2.45, 2.75) is 5.85 Å². The van der Waals surface area contributed by atoms with Crippen LogP contribution in [0.15, 0.2) is 48.5 Å². The summed E-state index contributed by atoms with van der Waals surface area (Å²) >= 11 is 0. The fraction of sp³-hybridized carbons (Fsp3) is 0.0769. The van der Waals surface area contributed by atoms with Crippen LogP contribution in [0, 0.1) is 0 Å². The first-order valence-corrected chi connectivity index (χ1v) is 6.68. The van der Waals surface area contributed by atoms with E-state index in [1.165, 1.54) is 0 Å². The van der Waals surface area contributed by atoms with Crippen LogP contribution in [-0.2, 0) is 4.57 Å². The van der Waals surface area contributed by atoms with E-state index in [1.54, 1.807) is 0 Å². The fourth-order valence-electron chi connectivity index (χ4n) is 2.20. The van der Waals surface area contributed by atoms with E-state index in [1.807, 2.05) is 48.5 Å². The van der Waals surface area contributed by atoms with Gasteiger partial charge in [0.15, 0.2) is 0 Å². The Kier molecular flexibility index (Phi) is 2.20. The molecule has 0 aliphatic carbocycles. The minimum absolute atomic E-state index is 0.782. The molecule has 0 aromatic heterocycles. The van der Waals surface area contributed by atoms with E-state index in [0.717, 1.165) is 22.0 Å². The van der Waals surface area contributed by atoms with E-state index in [2.05, 4.69) is 0 Å². The molecule has 1 heterocycles. The Bertz CT molecular complexity index is 578. The summed E-state index contributed by atoms with van der Waals surface area (Å²) in [5.74, 6) is -0.837. The molecule has 2 unspecified atom stereocenters. The van der Waals surface area contributed by atoms with Crippen LogP contribution in [0.25, 0.3) is 11.1 Å². The Balaban J connectivity index is 2.37. The van der Waals surface area contributed by atoms with Gasteiger partial charge in [-0.1, -0.05) is 48.5 Å². The molecule has 2 nitrogen and oxygen atoms in total. The van der Waals surface area contributed by atoms with E-state index in [0.29, 0.717) is 0 Å². The van der Waals surface area contributed by atoms with Crippen LogP contribution >= 0.6 is 7.80 Å². The maximum atomic E-state index is 12.1. The molecule has 0 spiro atoms. The van der Waals surface area contributed by atoms with Crippen LogP contribution in [0.3, 0.4) is 0 Å². The highest BCUT2D eigenvalue weighted by atomic mass is 31.1. The number of hydrogen-bond acceptors (Lipinski definition) is 2. The molecule has 16 heavy (non-hydrogen) atoms. The van der Waals surface area contributed by atoms with E-state index in [-0.39, 0.29) is 0 Å². The smallest absolute Gasteiger partial charge is 0.136 e. The minimum atomic E-state index is -2.13. The second-order valence-corrected chi connectivity index (χ2v) is 5.71. The summed E-state index contributed by atoms with van der Waals surface area (Å²) in [5.41, 5.74) is 2.77. The Labute approximate surface area is 94.3 Å². The molecule has 0 saturated carbocycles. The molecule has 2 atom stereocenters. The third-order valence-electron chi connectivity index (χ3n) is 2.99. The van der Waals surface area contributed by atoms with Gasteiger partial charge in [-0.3, -0.25) is 0 Å². The second kappa shape index (κ2) is 3.58. The zero-order chi connectivity index (χ0) is 11.1. The van der Waals surface area contributed by atoms with Gasteiger partial charge in [-0.05, 0) is 16.7 Å². The summed E-state index contributed by atoms with van der Waals surface area (Å²) in [4.78, 5) is 0. The number of aliphatic hydroxyl groups excluding tert-OH is 1. The summed E-state index contributed by atoms with van der Waals surface area (Å²) < 4.78 is 12.1. The average molecular weight is 230 g/mol. The normalized spacial score (nSPS) is 22.3. The molecule has 3 rings (SSSR count). The van der Waals surface area contributed by atoms with Gasteiger partial charge in [0, 0.05) is 5.30 Å². The van der Waals surface area contributed by atoms with Crippen molar-refractivity contribution >= 4 is 13.1 Å². The zero-order valence-corrected chi connectivity index (χ0v) is 9.55. The van der Waals surface area contributed by atoms with E-state index in [9.17, 15) is 9.67 Å². The van der Waals surface area contributed by atoms with Crippen molar-refractivity contribution in [3.63, 3.8) is 0 Å². The van der Waals surface area contributed by atoms with Gasteiger partial charge in [-0.2, -0.15) is 0 Å². The molecule has 1 aliphatic heterocycles. The van der Waals surface area contributed by atoms with Crippen molar-refractivity contribution in [2.75, 3.05) is 0 Å². The van der Waals surface area contributed by atoms with Gasteiger partial charge >= 0.3 is 0 Å². The predicted molar refractivity (Wildman–Crippen MR) is 65.5 cm³/mol. The first-order valence-electron chi connectivity index (χ1n) is 5.19. The molecule has 1 aliphatic rings. The van der Waals surface area contributed by atoms with Gasteiger partial charge < -0.3 is 9.67 Å². The molecular weight excluding hydrogens is 219 g/mol. The quantitative estimate of drug-likeness (QED) is 0.706. The van der Waals surface area contributed by atoms with Crippen molar-refractivity contribution in [3.8, 4) is 11.1 Å². The lowest BCUT2D eigenvalue weighted by Gasteiger charge is -2.23. The summed E-state index contributed by atoms with van der Waals surface area (Å²) in [6, 6.07) is 15.2. The summed E-state index contributed by atoms with van der Waals surface area (Å²) in [5, 5.41) is 10.8. The Morgan fingerprint density at radius 2 is 1.56 bits per heavy atom. The molecule has 0 bridgehead atoms. The van der Waals surface area contributed by atoms with E-state index >= 15 is 0 Å². The maximum Gasteiger partial charge on any atom is 0.136 e. The number of benzene rings is 2. The van der Waals surface area contributed by atoms with Crippen LogP contribution in [0.5, 0.6) is 0 Å². The highest BCUT2D eigenvalue weighted by Crippen LogP contribution is 2.47. The molecule has 2 aromatic carbocycles. The highest BCUT2D eigenvalue weighted by Gasteiger charge is 2.28. The molecule has 0 saturated heterocycles. The maximum absolute atomic E-state index is 12.1. The Hall–Kier alpha value is -1.37.